The van der Waals surface area contributed by atoms with Gasteiger partial charge in [-0.05, 0) is 12.8 Å². The lowest BCUT2D eigenvalue weighted by Gasteiger charge is -2.15. The van der Waals surface area contributed by atoms with Gasteiger partial charge in [0.25, 0.3) is 0 Å². The molecule has 1 atom stereocenters. The molecule has 74 valence electrons. The summed E-state index contributed by atoms with van der Waals surface area (Å²) in [5, 5.41) is 0. The van der Waals surface area contributed by atoms with Crippen LogP contribution in [0.5, 0.6) is 0 Å². The minimum Gasteiger partial charge on any atom is -0.335 e. The second-order valence-electron chi connectivity index (χ2n) is 3.78. The molecule has 13 heavy (non-hydrogen) atoms. The Hall–Kier alpha value is -0.830. The molecule has 1 unspecified atom stereocenters. The zero-order valence-corrected chi connectivity index (χ0v) is 8.70. The van der Waals surface area contributed by atoms with Crippen molar-refractivity contribution in [2.45, 2.75) is 39.8 Å². The van der Waals surface area contributed by atoms with E-state index < -0.39 is 0 Å². The van der Waals surface area contributed by atoms with Crippen molar-refractivity contribution in [3.63, 3.8) is 0 Å². The fraction of sp³-hybridized carbons (Fsp3) is 0.700. The Balaban J connectivity index is 2.62. The zero-order chi connectivity index (χ0) is 9.84. The van der Waals surface area contributed by atoms with Gasteiger partial charge in [0.1, 0.15) is 0 Å². The molecule has 0 amide bonds. The molecule has 0 aliphatic carbocycles. The molecule has 0 saturated carbocycles. The van der Waals surface area contributed by atoms with Crippen molar-refractivity contribution in [1.82, 2.24) is 9.55 Å². The fourth-order valence-corrected chi connectivity index (χ4v) is 1.28. The van der Waals surface area contributed by atoms with E-state index in [1.54, 1.807) is 0 Å². The molecule has 0 aliphatic heterocycles. The third kappa shape index (κ3) is 2.56. The predicted molar refractivity (Wildman–Crippen MR) is 54.4 cm³/mol. The molecule has 0 radical (unpaired) electrons. The Morgan fingerprint density at radius 2 is 2.23 bits per heavy atom. The van der Waals surface area contributed by atoms with Gasteiger partial charge >= 0.3 is 0 Å². The third-order valence-corrected chi connectivity index (χ3v) is 2.44. The highest BCUT2D eigenvalue weighted by atomic mass is 15.0. The minimum atomic E-state index is 0.238. The van der Waals surface area contributed by atoms with Crippen LogP contribution in [0, 0.1) is 5.92 Å². The normalized spacial score (nSPS) is 13.6. The number of nitrogens with zero attached hydrogens (tertiary/aromatic N) is 2. The van der Waals surface area contributed by atoms with E-state index in [9.17, 15) is 0 Å². The Morgan fingerprint density at radius 3 is 2.77 bits per heavy atom. The van der Waals surface area contributed by atoms with Crippen LogP contribution in [0.2, 0.25) is 0 Å². The SMILES string of the molecule is CCn1cncc1CC(N)C(C)C. The molecule has 1 aromatic rings. The molecule has 0 aromatic carbocycles. The van der Waals surface area contributed by atoms with Gasteiger partial charge in [-0.3, -0.25) is 0 Å². The summed E-state index contributed by atoms with van der Waals surface area (Å²) in [5.74, 6) is 0.528. The standard InChI is InChI=1S/C10H19N3/c1-4-13-7-12-6-9(13)5-10(11)8(2)3/h6-8,10H,4-5,11H2,1-3H3. The molecule has 0 saturated heterocycles. The van der Waals surface area contributed by atoms with Gasteiger partial charge in [0.15, 0.2) is 0 Å². The third-order valence-electron chi connectivity index (χ3n) is 2.44. The van der Waals surface area contributed by atoms with Crippen LogP contribution in [0.1, 0.15) is 26.5 Å². The fourth-order valence-electron chi connectivity index (χ4n) is 1.28. The Bertz CT molecular complexity index is 252. The molecule has 0 fully saturated rings. The number of nitrogens with two attached hydrogens (primary N) is 1. The average Bonchev–Trinajstić information content (AvgIpc) is 2.51. The molecular formula is C10H19N3. The predicted octanol–water partition coefficient (Wildman–Crippen LogP) is 1.43. The van der Waals surface area contributed by atoms with E-state index in [-0.39, 0.29) is 6.04 Å². The number of imidazole rings is 1. The summed E-state index contributed by atoms with van der Waals surface area (Å²) >= 11 is 0. The highest BCUT2D eigenvalue weighted by Crippen LogP contribution is 2.07. The molecular weight excluding hydrogens is 162 g/mol. The van der Waals surface area contributed by atoms with Gasteiger partial charge in [0, 0.05) is 30.9 Å². The molecule has 2 N–H and O–H groups in total. The van der Waals surface area contributed by atoms with E-state index in [1.807, 2.05) is 12.5 Å². The van der Waals surface area contributed by atoms with Crippen LogP contribution >= 0.6 is 0 Å². The molecule has 0 bridgehead atoms. The molecule has 0 aliphatic rings. The summed E-state index contributed by atoms with van der Waals surface area (Å²) in [7, 11) is 0. The quantitative estimate of drug-likeness (QED) is 0.763. The van der Waals surface area contributed by atoms with Crippen LogP contribution in [0.4, 0.5) is 0 Å². The van der Waals surface area contributed by atoms with Crippen LogP contribution in [0.25, 0.3) is 0 Å². The summed E-state index contributed by atoms with van der Waals surface area (Å²) in [6, 6.07) is 0.238. The average molecular weight is 181 g/mol. The van der Waals surface area contributed by atoms with Gasteiger partial charge < -0.3 is 10.3 Å². The molecule has 3 heteroatoms. The lowest BCUT2D eigenvalue weighted by Crippen LogP contribution is -2.29. The van der Waals surface area contributed by atoms with Crippen molar-refractivity contribution in [1.29, 1.82) is 0 Å². The maximum atomic E-state index is 5.99. The monoisotopic (exact) mass is 181 g/mol. The van der Waals surface area contributed by atoms with Crippen LogP contribution in [0.15, 0.2) is 12.5 Å². The Kier molecular flexibility index (Phi) is 3.48. The number of aryl methyl sites for hydroxylation is 1. The van der Waals surface area contributed by atoms with Crippen LogP contribution in [-0.4, -0.2) is 15.6 Å². The van der Waals surface area contributed by atoms with E-state index in [4.69, 9.17) is 5.73 Å². The van der Waals surface area contributed by atoms with E-state index >= 15 is 0 Å². The van der Waals surface area contributed by atoms with Gasteiger partial charge in [0.2, 0.25) is 0 Å². The summed E-state index contributed by atoms with van der Waals surface area (Å²) < 4.78 is 2.14. The van der Waals surface area contributed by atoms with E-state index in [2.05, 4.69) is 30.3 Å². The Morgan fingerprint density at radius 1 is 1.54 bits per heavy atom. The lowest BCUT2D eigenvalue weighted by atomic mass is 10.0. The highest BCUT2D eigenvalue weighted by molar-refractivity contribution is 5.01. The van der Waals surface area contributed by atoms with Crippen molar-refractivity contribution in [3.8, 4) is 0 Å². The van der Waals surface area contributed by atoms with Gasteiger partial charge in [-0.2, -0.15) is 0 Å². The maximum Gasteiger partial charge on any atom is 0.0948 e. The van der Waals surface area contributed by atoms with Gasteiger partial charge in [-0.25, -0.2) is 4.98 Å². The van der Waals surface area contributed by atoms with Crippen LogP contribution in [0.3, 0.4) is 0 Å². The van der Waals surface area contributed by atoms with Gasteiger partial charge in [-0.15, -0.1) is 0 Å². The molecule has 1 heterocycles. The van der Waals surface area contributed by atoms with Crippen LogP contribution in [-0.2, 0) is 13.0 Å². The van der Waals surface area contributed by atoms with E-state index in [1.165, 1.54) is 5.69 Å². The van der Waals surface area contributed by atoms with Gasteiger partial charge in [-0.1, -0.05) is 13.8 Å². The molecule has 3 nitrogen and oxygen atoms in total. The zero-order valence-electron chi connectivity index (χ0n) is 8.70. The summed E-state index contributed by atoms with van der Waals surface area (Å²) in [5.41, 5.74) is 7.23. The second kappa shape index (κ2) is 4.42. The van der Waals surface area contributed by atoms with E-state index in [0.29, 0.717) is 5.92 Å². The first kappa shape index (κ1) is 10.3. The number of rotatable bonds is 4. The van der Waals surface area contributed by atoms with Crippen molar-refractivity contribution in [2.75, 3.05) is 0 Å². The lowest BCUT2D eigenvalue weighted by molar-refractivity contribution is 0.478. The summed E-state index contributed by atoms with van der Waals surface area (Å²) in [6.45, 7) is 7.39. The summed E-state index contributed by atoms with van der Waals surface area (Å²) in [6.07, 6.45) is 4.69. The topological polar surface area (TPSA) is 43.8 Å². The molecule has 1 aromatic heterocycles. The first-order chi connectivity index (χ1) is 6.15. The molecule has 0 spiro atoms. The van der Waals surface area contributed by atoms with Crippen molar-refractivity contribution in [2.24, 2.45) is 11.7 Å². The maximum absolute atomic E-state index is 5.99. The largest absolute Gasteiger partial charge is 0.335 e. The highest BCUT2D eigenvalue weighted by Gasteiger charge is 2.10. The minimum absolute atomic E-state index is 0.238. The van der Waals surface area contributed by atoms with Crippen molar-refractivity contribution in [3.05, 3.63) is 18.2 Å². The van der Waals surface area contributed by atoms with Gasteiger partial charge in [0.05, 0.1) is 6.33 Å². The first-order valence-electron chi connectivity index (χ1n) is 4.89. The second-order valence-corrected chi connectivity index (χ2v) is 3.78. The van der Waals surface area contributed by atoms with E-state index in [0.717, 1.165) is 13.0 Å². The summed E-state index contributed by atoms with van der Waals surface area (Å²) in [4.78, 5) is 4.11. The smallest absolute Gasteiger partial charge is 0.0948 e. The number of hydrogen-bond donors (Lipinski definition) is 1. The Labute approximate surface area is 80.0 Å². The molecule has 1 rings (SSSR count). The van der Waals surface area contributed by atoms with Crippen LogP contribution < -0.4 is 5.73 Å². The van der Waals surface area contributed by atoms with Crippen molar-refractivity contribution >= 4 is 0 Å². The first-order valence-corrected chi connectivity index (χ1v) is 4.89. The van der Waals surface area contributed by atoms with Crippen molar-refractivity contribution < 1.29 is 0 Å². The number of hydrogen-bond acceptors (Lipinski definition) is 2. The number of aromatic nitrogens is 2.